The van der Waals surface area contributed by atoms with Gasteiger partial charge >= 0.3 is 5.97 Å². The Bertz CT molecular complexity index is 677. The summed E-state index contributed by atoms with van der Waals surface area (Å²) in [4.78, 5) is 23.4. The molecular formula is C16H15NO4. The van der Waals surface area contributed by atoms with Gasteiger partial charge in [-0.25, -0.2) is 4.79 Å². The number of hydrogen-bond donors (Lipinski definition) is 2. The summed E-state index contributed by atoms with van der Waals surface area (Å²) in [6.45, 7) is 1.83. The molecule has 0 aromatic heterocycles. The Kier molecular flexibility index (Phi) is 4.23. The van der Waals surface area contributed by atoms with Crippen molar-refractivity contribution in [1.82, 2.24) is 0 Å². The fourth-order valence-corrected chi connectivity index (χ4v) is 1.84. The van der Waals surface area contributed by atoms with Crippen molar-refractivity contribution < 1.29 is 19.4 Å². The molecule has 0 heterocycles. The fourth-order valence-electron chi connectivity index (χ4n) is 1.84. The number of anilines is 1. The number of benzene rings is 2. The summed E-state index contributed by atoms with van der Waals surface area (Å²) < 4.78 is 4.59. The molecule has 0 spiro atoms. The van der Waals surface area contributed by atoms with E-state index in [1.165, 1.54) is 13.2 Å². The molecule has 2 aromatic carbocycles. The van der Waals surface area contributed by atoms with E-state index in [9.17, 15) is 14.7 Å². The summed E-state index contributed by atoms with van der Waals surface area (Å²) in [5.41, 5.74) is 1.98. The van der Waals surface area contributed by atoms with Crippen LogP contribution in [0.1, 0.15) is 26.3 Å². The summed E-state index contributed by atoms with van der Waals surface area (Å²) in [6, 6.07) is 11.1. The van der Waals surface area contributed by atoms with Crippen molar-refractivity contribution in [1.29, 1.82) is 0 Å². The van der Waals surface area contributed by atoms with Gasteiger partial charge in [0, 0.05) is 5.69 Å². The van der Waals surface area contributed by atoms with Gasteiger partial charge in [-0.2, -0.15) is 0 Å². The van der Waals surface area contributed by atoms with E-state index in [0.29, 0.717) is 11.3 Å². The number of phenols is 1. The van der Waals surface area contributed by atoms with E-state index in [2.05, 4.69) is 10.1 Å². The highest BCUT2D eigenvalue weighted by molar-refractivity contribution is 6.06. The van der Waals surface area contributed by atoms with E-state index in [1.807, 2.05) is 6.92 Å². The highest BCUT2D eigenvalue weighted by Gasteiger charge is 2.12. The highest BCUT2D eigenvalue weighted by atomic mass is 16.5. The highest BCUT2D eigenvalue weighted by Crippen LogP contribution is 2.20. The molecule has 0 atom stereocenters. The molecule has 5 heteroatoms. The van der Waals surface area contributed by atoms with Gasteiger partial charge in [0.25, 0.3) is 5.91 Å². The first-order chi connectivity index (χ1) is 10.0. The van der Waals surface area contributed by atoms with Gasteiger partial charge in [0.1, 0.15) is 5.75 Å². The quantitative estimate of drug-likeness (QED) is 0.850. The van der Waals surface area contributed by atoms with Crippen molar-refractivity contribution in [2.24, 2.45) is 0 Å². The van der Waals surface area contributed by atoms with Gasteiger partial charge < -0.3 is 15.2 Å². The summed E-state index contributed by atoms with van der Waals surface area (Å²) in [5, 5.41) is 12.4. The molecule has 1 amide bonds. The van der Waals surface area contributed by atoms with Gasteiger partial charge in [-0.05, 0) is 48.9 Å². The Balaban J connectivity index is 2.14. The molecular weight excluding hydrogens is 270 g/mol. The second-order valence-electron chi connectivity index (χ2n) is 4.54. The number of aromatic hydroxyl groups is 1. The lowest BCUT2D eigenvalue weighted by Crippen LogP contribution is -2.12. The molecule has 108 valence electrons. The van der Waals surface area contributed by atoms with Crippen LogP contribution >= 0.6 is 0 Å². The van der Waals surface area contributed by atoms with Crippen LogP contribution in [0.4, 0.5) is 5.69 Å². The third-order valence-corrected chi connectivity index (χ3v) is 2.96. The Morgan fingerprint density at radius 2 is 1.76 bits per heavy atom. The molecule has 0 unspecified atom stereocenters. The largest absolute Gasteiger partial charge is 0.507 e. The standard InChI is InChI=1S/C16H15NO4/c1-10-3-8-13(14(18)9-10)15(19)17-12-6-4-11(5-7-12)16(20)21-2/h3-9,18H,1-2H3,(H,17,19). The number of rotatable bonds is 3. The molecule has 2 aromatic rings. The molecule has 0 saturated heterocycles. The summed E-state index contributed by atoms with van der Waals surface area (Å²) in [6.07, 6.45) is 0. The number of carbonyl (C=O) groups excluding carboxylic acids is 2. The van der Waals surface area contributed by atoms with Crippen molar-refractivity contribution in [3.8, 4) is 5.75 Å². The molecule has 0 bridgehead atoms. The van der Waals surface area contributed by atoms with E-state index in [0.717, 1.165) is 5.56 Å². The predicted molar refractivity (Wildman–Crippen MR) is 78.6 cm³/mol. The van der Waals surface area contributed by atoms with Gasteiger partial charge in [0.05, 0.1) is 18.2 Å². The van der Waals surface area contributed by atoms with Crippen LogP contribution in [0, 0.1) is 6.92 Å². The molecule has 2 N–H and O–H groups in total. The lowest BCUT2D eigenvalue weighted by molar-refractivity contribution is 0.0600. The minimum Gasteiger partial charge on any atom is -0.507 e. The number of phenolic OH excluding ortho intramolecular Hbond substituents is 1. The van der Waals surface area contributed by atoms with Crippen molar-refractivity contribution in [2.45, 2.75) is 6.92 Å². The van der Waals surface area contributed by atoms with Crippen LogP contribution in [0.25, 0.3) is 0 Å². The van der Waals surface area contributed by atoms with Crippen LogP contribution in [-0.4, -0.2) is 24.1 Å². The van der Waals surface area contributed by atoms with E-state index in [-0.39, 0.29) is 11.3 Å². The van der Waals surface area contributed by atoms with Gasteiger partial charge in [-0.3, -0.25) is 4.79 Å². The number of ether oxygens (including phenoxy) is 1. The Hall–Kier alpha value is -2.82. The van der Waals surface area contributed by atoms with Crippen LogP contribution in [0.5, 0.6) is 5.75 Å². The molecule has 0 saturated carbocycles. The number of aryl methyl sites for hydroxylation is 1. The fraction of sp³-hybridized carbons (Fsp3) is 0.125. The number of nitrogens with one attached hydrogen (secondary N) is 1. The van der Waals surface area contributed by atoms with Crippen LogP contribution in [0.15, 0.2) is 42.5 Å². The number of hydrogen-bond acceptors (Lipinski definition) is 4. The summed E-state index contributed by atoms with van der Waals surface area (Å²) in [7, 11) is 1.30. The van der Waals surface area contributed by atoms with Gasteiger partial charge in [0.15, 0.2) is 0 Å². The zero-order valence-electron chi connectivity index (χ0n) is 11.7. The molecule has 2 rings (SSSR count). The lowest BCUT2D eigenvalue weighted by Gasteiger charge is -2.08. The summed E-state index contributed by atoms with van der Waals surface area (Å²) in [5.74, 6) is -0.930. The summed E-state index contributed by atoms with van der Waals surface area (Å²) >= 11 is 0. The first-order valence-corrected chi connectivity index (χ1v) is 6.30. The zero-order chi connectivity index (χ0) is 15.4. The lowest BCUT2D eigenvalue weighted by atomic mass is 10.1. The molecule has 0 aliphatic carbocycles. The SMILES string of the molecule is COC(=O)c1ccc(NC(=O)c2ccc(C)cc2O)cc1. The molecule has 0 fully saturated rings. The first-order valence-electron chi connectivity index (χ1n) is 6.30. The van der Waals surface area contributed by atoms with Gasteiger partial charge in [-0.1, -0.05) is 6.07 Å². The number of methoxy groups -OCH3 is 1. The normalized spacial score (nSPS) is 10.0. The molecule has 21 heavy (non-hydrogen) atoms. The second-order valence-corrected chi connectivity index (χ2v) is 4.54. The molecule has 0 radical (unpaired) electrons. The minimum absolute atomic E-state index is 0.0707. The average molecular weight is 285 g/mol. The van der Waals surface area contributed by atoms with E-state index in [4.69, 9.17) is 0 Å². The van der Waals surface area contributed by atoms with Crippen LogP contribution < -0.4 is 5.32 Å². The zero-order valence-corrected chi connectivity index (χ0v) is 11.7. The monoisotopic (exact) mass is 285 g/mol. The molecule has 0 aliphatic heterocycles. The minimum atomic E-state index is -0.441. The maximum Gasteiger partial charge on any atom is 0.337 e. The Morgan fingerprint density at radius 3 is 2.33 bits per heavy atom. The Morgan fingerprint density at radius 1 is 1.10 bits per heavy atom. The predicted octanol–water partition coefficient (Wildman–Crippen LogP) is 2.74. The topological polar surface area (TPSA) is 75.6 Å². The van der Waals surface area contributed by atoms with Crippen LogP contribution in [-0.2, 0) is 4.74 Å². The Labute approximate surface area is 122 Å². The van der Waals surface area contributed by atoms with Gasteiger partial charge in [-0.15, -0.1) is 0 Å². The van der Waals surface area contributed by atoms with Crippen LogP contribution in [0.2, 0.25) is 0 Å². The van der Waals surface area contributed by atoms with Crippen molar-refractivity contribution in [2.75, 3.05) is 12.4 Å². The van der Waals surface area contributed by atoms with Crippen molar-refractivity contribution in [3.05, 3.63) is 59.2 Å². The average Bonchev–Trinajstić information content (AvgIpc) is 2.47. The van der Waals surface area contributed by atoms with Crippen LogP contribution in [0.3, 0.4) is 0 Å². The third-order valence-electron chi connectivity index (χ3n) is 2.96. The second kappa shape index (κ2) is 6.09. The van der Waals surface area contributed by atoms with Crippen molar-refractivity contribution >= 4 is 17.6 Å². The van der Waals surface area contributed by atoms with E-state index in [1.54, 1.807) is 36.4 Å². The van der Waals surface area contributed by atoms with E-state index < -0.39 is 11.9 Å². The van der Waals surface area contributed by atoms with Crippen molar-refractivity contribution in [3.63, 3.8) is 0 Å². The van der Waals surface area contributed by atoms with E-state index >= 15 is 0 Å². The van der Waals surface area contributed by atoms with Gasteiger partial charge in [0.2, 0.25) is 0 Å². The molecule has 5 nitrogen and oxygen atoms in total. The number of esters is 1. The first kappa shape index (κ1) is 14.6. The number of carbonyl (C=O) groups is 2. The maximum atomic E-state index is 12.1. The third kappa shape index (κ3) is 3.39. The number of amides is 1. The smallest absolute Gasteiger partial charge is 0.337 e. The maximum absolute atomic E-state index is 12.1. The molecule has 0 aliphatic rings.